The lowest BCUT2D eigenvalue weighted by Gasteiger charge is -2.34. The van der Waals surface area contributed by atoms with Crippen molar-refractivity contribution in [1.82, 2.24) is 10.2 Å². The van der Waals surface area contributed by atoms with Gasteiger partial charge in [-0.25, -0.2) is 0 Å². The number of rotatable bonds is 6. The van der Waals surface area contributed by atoms with Crippen molar-refractivity contribution in [2.24, 2.45) is 11.3 Å². The van der Waals surface area contributed by atoms with Gasteiger partial charge < -0.3 is 10.2 Å². The van der Waals surface area contributed by atoms with Crippen LogP contribution >= 0.6 is 0 Å². The maximum atomic E-state index is 3.38. The van der Waals surface area contributed by atoms with Gasteiger partial charge in [0.1, 0.15) is 0 Å². The SMILES string of the molecule is CNCC1(CN(C)CC(C)C)CCCC1. The Balaban J connectivity index is 2.43. The normalized spacial score (nSPS) is 20.4. The van der Waals surface area contributed by atoms with Gasteiger partial charge in [0.15, 0.2) is 0 Å². The summed E-state index contributed by atoms with van der Waals surface area (Å²) in [5.74, 6) is 0.781. The molecule has 0 amide bonds. The van der Waals surface area contributed by atoms with Crippen molar-refractivity contribution in [3.8, 4) is 0 Å². The van der Waals surface area contributed by atoms with E-state index in [-0.39, 0.29) is 0 Å². The van der Waals surface area contributed by atoms with E-state index in [9.17, 15) is 0 Å². The van der Waals surface area contributed by atoms with Crippen molar-refractivity contribution in [3.63, 3.8) is 0 Å². The van der Waals surface area contributed by atoms with E-state index in [2.05, 4.69) is 38.2 Å². The summed E-state index contributed by atoms with van der Waals surface area (Å²) in [4.78, 5) is 2.52. The quantitative estimate of drug-likeness (QED) is 0.727. The molecule has 1 saturated carbocycles. The number of hydrogen-bond donors (Lipinski definition) is 1. The van der Waals surface area contributed by atoms with Gasteiger partial charge in [0.05, 0.1) is 0 Å². The Labute approximate surface area is 95.4 Å². The van der Waals surface area contributed by atoms with Crippen LogP contribution in [0.4, 0.5) is 0 Å². The second-order valence-corrected chi connectivity index (χ2v) is 5.83. The molecule has 0 radical (unpaired) electrons. The highest BCUT2D eigenvalue weighted by atomic mass is 15.1. The Bertz CT molecular complexity index is 171. The third-order valence-electron chi connectivity index (χ3n) is 3.50. The average Bonchev–Trinajstić information content (AvgIpc) is 2.51. The second-order valence-electron chi connectivity index (χ2n) is 5.83. The first kappa shape index (κ1) is 13.0. The minimum atomic E-state index is 0.568. The standard InChI is InChI=1S/C13H28N2/c1-12(2)9-15(4)11-13(10-14-3)7-5-6-8-13/h12,14H,5-11H2,1-4H3. The molecule has 0 bridgehead atoms. The highest BCUT2D eigenvalue weighted by Gasteiger charge is 2.34. The smallest absolute Gasteiger partial charge is 0.00472 e. The largest absolute Gasteiger partial charge is 0.319 e. The zero-order valence-electron chi connectivity index (χ0n) is 11.0. The summed E-state index contributed by atoms with van der Waals surface area (Å²) in [6.07, 6.45) is 5.68. The number of nitrogens with zero attached hydrogens (tertiary/aromatic N) is 1. The molecule has 90 valence electrons. The molecule has 1 N–H and O–H groups in total. The monoisotopic (exact) mass is 212 g/mol. The molecule has 1 rings (SSSR count). The van der Waals surface area contributed by atoms with Crippen LogP contribution in [0, 0.1) is 11.3 Å². The van der Waals surface area contributed by atoms with Gasteiger partial charge in [-0.15, -0.1) is 0 Å². The zero-order chi connectivity index (χ0) is 11.3. The Kier molecular flexibility index (Phi) is 5.07. The molecule has 0 aliphatic heterocycles. The highest BCUT2D eigenvalue weighted by molar-refractivity contribution is 4.88. The maximum Gasteiger partial charge on any atom is 0.00472 e. The summed E-state index contributed by atoms with van der Waals surface area (Å²) in [5, 5.41) is 3.38. The second kappa shape index (κ2) is 5.86. The molecule has 15 heavy (non-hydrogen) atoms. The molecule has 2 nitrogen and oxygen atoms in total. The van der Waals surface area contributed by atoms with Crippen LogP contribution in [-0.2, 0) is 0 Å². The molecule has 0 atom stereocenters. The topological polar surface area (TPSA) is 15.3 Å². The van der Waals surface area contributed by atoms with E-state index < -0.39 is 0 Å². The maximum absolute atomic E-state index is 3.38. The van der Waals surface area contributed by atoms with Crippen LogP contribution < -0.4 is 5.32 Å². The fraction of sp³-hybridized carbons (Fsp3) is 1.00. The highest BCUT2D eigenvalue weighted by Crippen LogP contribution is 2.38. The van der Waals surface area contributed by atoms with Crippen molar-refractivity contribution in [1.29, 1.82) is 0 Å². The molecule has 0 heterocycles. The average molecular weight is 212 g/mol. The molecule has 0 unspecified atom stereocenters. The molecule has 0 aromatic carbocycles. The lowest BCUT2D eigenvalue weighted by atomic mass is 9.85. The van der Waals surface area contributed by atoms with Crippen LogP contribution in [0.15, 0.2) is 0 Å². The van der Waals surface area contributed by atoms with Gasteiger partial charge in [0.2, 0.25) is 0 Å². The zero-order valence-corrected chi connectivity index (χ0v) is 11.0. The first-order chi connectivity index (χ1) is 7.08. The van der Waals surface area contributed by atoms with Crippen LogP contribution in [0.3, 0.4) is 0 Å². The van der Waals surface area contributed by atoms with E-state index >= 15 is 0 Å². The molecular formula is C13H28N2. The van der Waals surface area contributed by atoms with Crippen LogP contribution in [0.1, 0.15) is 39.5 Å². The molecule has 1 fully saturated rings. The van der Waals surface area contributed by atoms with E-state index in [1.165, 1.54) is 45.3 Å². The number of hydrogen-bond acceptors (Lipinski definition) is 2. The van der Waals surface area contributed by atoms with Crippen LogP contribution in [0.5, 0.6) is 0 Å². The minimum absolute atomic E-state index is 0.568. The molecule has 2 heteroatoms. The fourth-order valence-corrected chi connectivity index (χ4v) is 3.15. The lowest BCUT2D eigenvalue weighted by Crippen LogP contribution is -2.41. The first-order valence-corrected chi connectivity index (χ1v) is 6.41. The molecule has 1 aliphatic rings. The third kappa shape index (κ3) is 4.12. The van der Waals surface area contributed by atoms with Gasteiger partial charge in [0, 0.05) is 19.6 Å². The van der Waals surface area contributed by atoms with Gasteiger partial charge in [0.25, 0.3) is 0 Å². The molecule has 0 spiro atoms. The van der Waals surface area contributed by atoms with Crippen molar-refractivity contribution >= 4 is 0 Å². The van der Waals surface area contributed by atoms with Crippen molar-refractivity contribution < 1.29 is 0 Å². The van der Waals surface area contributed by atoms with E-state index in [4.69, 9.17) is 0 Å². The summed E-state index contributed by atoms with van der Waals surface area (Å²) in [6, 6.07) is 0. The predicted molar refractivity (Wildman–Crippen MR) is 67.2 cm³/mol. The first-order valence-electron chi connectivity index (χ1n) is 6.41. The molecular weight excluding hydrogens is 184 g/mol. The van der Waals surface area contributed by atoms with Gasteiger partial charge in [-0.1, -0.05) is 26.7 Å². The Morgan fingerprint density at radius 3 is 2.33 bits per heavy atom. The minimum Gasteiger partial charge on any atom is -0.319 e. The molecule has 1 aliphatic carbocycles. The fourth-order valence-electron chi connectivity index (χ4n) is 3.15. The van der Waals surface area contributed by atoms with Crippen LogP contribution in [-0.4, -0.2) is 38.6 Å². The number of nitrogens with one attached hydrogen (secondary N) is 1. The molecule has 0 aromatic heterocycles. The van der Waals surface area contributed by atoms with Crippen molar-refractivity contribution in [2.75, 3.05) is 33.7 Å². The summed E-state index contributed by atoms with van der Waals surface area (Å²) in [7, 11) is 4.36. The van der Waals surface area contributed by atoms with Gasteiger partial charge in [-0.05, 0) is 38.3 Å². The lowest BCUT2D eigenvalue weighted by molar-refractivity contribution is 0.164. The summed E-state index contributed by atoms with van der Waals surface area (Å²) in [6.45, 7) is 8.29. The summed E-state index contributed by atoms with van der Waals surface area (Å²) in [5.41, 5.74) is 0.568. The van der Waals surface area contributed by atoms with E-state index in [1.807, 2.05) is 0 Å². The van der Waals surface area contributed by atoms with E-state index in [0.29, 0.717) is 5.41 Å². The van der Waals surface area contributed by atoms with E-state index in [0.717, 1.165) is 5.92 Å². The van der Waals surface area contributed by atoms with E-state index in [1.54, 1.807) is 0 Å². The third-order valence-corrected chi connectivity index (χ3v) is 3.50. The van der Waals surface area contributed by atoms with Crippen LogP contribution in [0.2, 0.25) is 0 Å². The van der Waals surface area contributed by atoms with Gasteiger partial charge in [-0.2, -0.15) is 0 Å². The summed E-state index contributed by atoms with van der Waals surface area (Å²) >= 11 is 0. The Hall–Kier alpha value is -0.0800. The van der Waals surface area contributed by atoms with Gasteiger partial charge >= 0.3 is 0 Å². The summed E-state index contributed by atoms with van der Waals surface area (Å²) < 4.78 is 0. The van der Waals surface area contributed by atoms with Crippen molar-refractivity contribution in [2.45, 2.75) is 39.5 Å². The Morgan fingerprint density at radius 2 is 1.87 bits per heavy atom. The Morgan fingerprint density at radius 1 is 1.27 bits per heavy atom. The van der Waals surface area contributed by atoms with Crippen LogP contribution in [0.25, 0.3) is 0 Å². The van der Waals surface area contributed by atoms with Gasteiger partial charge in [-0.3, -0.25) is 0 Å². The predicted octanol–water partition coefficient (Wildman–Crippen LogP) is 2.35. The molecule has 0 aromatic rings. The molecule has 0 saturated heterocycles. The van der Waals surface area contributed by atoms with Crippen molar-refractivity contribution in [3.05, 3.63) is 0 Å².